The Kier molecular flexibility index (Phi) is 6.09. The molecule has 0 aromatic heterocycles. The van der Waals surface area contributed by atoms with E-state index in [1.807, 2.05) is 0 Å². The van der Waals surface area contributed by atoms with Crippen LogP contribution in [-0.4, -0.2) is 38.7 Å². The predicted octanol–water partition coefficient (Wildman–Crippen LogP) is 1.88. The third-order valence-corrected chi connectivity index (χ3v) is 4.18. The molecule has 6 nitrogen and oxygen atoms in total. The SMILES string of the molecule is CCOC(C)CNS(=O)(=O)c1cc(Cl)cc(C(=O)O)c1F. The number of rotatable bonds is 7. The minimum Gasteiger partial charge on any atom is -0.478 e. The summed E-state index contributed by atoms with van der Waals surface area (Å²) in [7, 11) is -4.24. The quantitative estimate of drug-likeness (QED) is 0.791. The number of nitrogens with one attached hydrogen (secondary N) is 1. The summed E-state index contributed by atoms with van der Waals surface area (Å²) in [5.74, 6) is -2.96. The van der Waals surface area contributed by atoms with Crippen molar-refractivity contribution in [1.82, 2.24) is 4.72 Å². The van der Waals surface area contributed by atoms with Crippen LogP contribution in [0.5, 0.6) is 0 Å². The fraction of sp³-hybridized carbons (Fsp3) is 0.417. The first-order valence-electron chi connectivity index (χ1n) is 6.02. The molecule has 0 saturated carbocycles. The Hall–Kier alpha value is -1.22. The van der Waals surface area contributed by atoms with Crippen molar-refractivity contribution in [1.29, 1.82) is 0 Å². The van der Waals surface area contributed by atoms with Crippen molar-refractivity contribution in [2.45, 2.75) is 24.8 Å². The molecule has 0 saturated heterocycles. The van der Waals surface area contributed by atoms with Crippen LogP contribution in [0.4, 0.5) is 4.39 Å². The number of carboxylic acid groups (broad SMARTS) is 1. The van der Waals surface area contributed by atoms with Crippen molar-refractivity contribution in [3.8, 4) is 0 Å². The molecule has 9 heteroatoms. The van der Waals surface area contributed by atoms with Crippen molar-refractivity contribution >= 4 is 27.6 Å². The van der Waals surface area contributed by atoms with Crippen LogP contribution >= 0.6 is 11.6 Å². The molecule has 0 spiro atoms. The van der Waals surface area contributed by atoms with Crippen LogP contribution < -0.4 is 4.72 Å². The molecule has 0 fully saturated rings. The van der Waals surface area contributed by atoms with Crippen LogP contribution in [0.15, 0.2) is 17.0 Å². The lowest BCUT2D eigenvalue weighted by Crippen LogP contribution is -2.33. The predicted molar refractivity (Wildman–Crippen MR) is 74.6 cm³/mol. The Bertz CT molecular complexity index is 635. The van der Waals surface area contributed by atoms with Crippen LogP contribution in [-0.2, 0) is 14.8 Å². The highest BCUT2D eigenvalue weighted by Gasteiger charge is 2.25. The van der Waals surface area contributed by atoms with E-state index in [4.69, 9.17) is 21.4 Å². The molecule has 1 aromatic rings. The normalized spacial score (nSPS) is 13.1. The molecular weight excluding hydrogens is 325 g/mol. The number of halogens is 2. The maximum Gasteiger partial charge on any atom is 0.338 e. The lowest BCUT2D eigenvalue weighted by Gasteiger charge is -2.14. The number of hydrogen-bond donors (Lipinski definition) is 2. The van der Waals surface area contributed by atoms with E-state index >= 15 is 0 Å². The maximum atomic E-state index is 14.0. The summed E-state index contributed by atoms with van der Waals surface area (Å²) < 4.78 is 45.3. The van der Waals surface area contributed by atoms with Gasteiger partial charge in [0, 0.05) is 18.2 Å². The fourth-order valence-electron chi connectivity index (χ4n) is 1.56. The van der Waals surface area contributed by atoms with Gasteiger partial charge < -0.3 is 9.84 Å². The number of benzene rings is 1. The number of carboxylic acids is 1. The van der Waals surface area contributed by atoms with Crippen molar-refractivity contribution in [2.75, 3.05) is 13.2 Å². The van der Waals surface area contributed by atoms with Gasteiger partial charge in [0.2, 0.25) is 10.0 Å². The molecule has 1 aromatic carbocycles. The van der Waals surface area contributed by atoms with E-state index in [0.29, 0.717) is 6.61 Å². The first-order chi connectivity index (χ1) is 9.69. The zero-order valence-corrected chi connectivity index (χ0v) is 13.0. The lowest BCUT2D eigenvalue weighted by atomic mass is 10.2. The van der Waals surface area contributed by atoms with Crippen LogP contribution in [0.1, 0.15) is 24.2 Å². The van der Waals surface area contributed by atoms with Gasteiger partial charge in [0.1, 0.15) is 4.90 Å². The second-order valence-electron chi connectivity index (χ2n) is 4.19. The van der Waals surface area contributed by atoms with Crippen molar-refractivity contribution in [3.63, 3.8) is 0 Å². The summed E-state index contributed by atoms with van der Waals surface area (Å²) in [5.41, 5.74) is -0.805. The monoisotopic (exact) mass is 339 g/mol. The Morgan fingerprint density at radius 1 is 1.52 bits per heavy atom. The number of ether oxygens (including phenoxy) is 1. The minimum absolute atomic E-state index is 0.0788. The number of hydrogen-bond acceptors (Lipinski definition) is 4. The van der Waals surface area contributed by atoms with Crippen molar-refractivity contribution in [2.24, 2.45) is 0 Å². The van der Waals surface area contributed by atoms with Gasteiger partial charge in [-0.2, -0.15) is 0 Å². The smallest absolute Gasteiger partial charge is 0.338 e. The van der Waals surface area contributed by atoms with E-state index in [1.54, 1.807) is 13.8 Å². The molecule has 0 aliphatic carbocycles. The van der Waals surface area contributed by atoms with Crippen LogP contribution in [0.2, 0.25) is 5.02 Å². The van der Waals surface area contributed by atoms with Gasteiger partial charge in [0.15, 0.2) is 5.82 Å². The minimum atomic E-state index is -4.24. The van der Waals surface area contributed by atoms with Gasteiger partial charge in [0.05, 0.1) is 11.7 Å². The highest BCUT2D eigenvalue weighted by atomic mass is 35.5. The summed E-state index contributed by atoms with van der Waals surface area (Å²) in [4.78, 5) is 10.1. The Labute approximate surface area is 126 Å². The van der Waals surface area contributed by atoms with Gasteiger partial charge in [-0.3, -0.25) is 0 Å². The van der Waals surface area contributed by atoms with E-state index in [1.165, 1.54) is 0 Å². The molecule has 0 heterocycles. The van der Waals surface area contributed by atoms with Crippen LogP contribution in [0.3, 0.4) is 0 Å². The van der Waals surface area contributed by atoms with E-state index in [2.05, 4.69) is 4.72 Å². The molecule has 0 amide bonds. The average molecular weight is 340 g/mol. The lowest BCUT2D eigenvalue weighted by molar-refractivity contribution is 0.0691. The molecule has 1 unspecified atom stereocenters. The highest BCUT2D eigenvalue weighted by Crippen LogP contribution is 2.23. The molecule has 0 bridgehead atoms. The van der Waals surface area contributed by atoms with E-state index in [-0.39, 0.29) is 11.6 Å². The van der Waals surface area contributed by atoms with Crippen LogP contribution in [0.25, 0.3) is 0 Å². The highest BCUT2D eigenvalue weighted by molar-refractivity contribution is 7.89. The van der Waals surface area contributed by atoms with E-state index < -0.39 is 38.4 Å². The van der Waals surface area contributed by atoms with Gasteiger partial charge in [-0.1, -0.05) is 11.6 Å². The fourth-order valence-corrected chi connectivity index (χ4v) is 3.08. The third kappa shape index (κ3) is 4.63. The molecule has 1 rings (SSSR count). The summed E-state index contributed by atoms with van der Waals surface area (Å²) in [6, 6.07) is 1.71. The zero-order chi connectivity index (χ0) is 16.2. The molecule has 21 heavy (non-hydrogen) atoms. The Balaban J connectivity index is 3.11. The number of carbonyl (C=O) groups is 1. The second-order valence-corrected chi connectivity index (χ2v) is 6.36. The molecule has 118 valence electrons. The molecule has 2 N–H and O–H groups in total. The average Bonchev–Trinajstić information content (AvgIpc) is 2.39. The summed E-state index contributed by atoms with van der Waals surface area (Å²) >= 11 is 5.64. The molecule has 0 aliphatic heterocycles. The van der Waals surface area contributed by atoms with Gasteiger partial charge in [0.25, 0.3) is 0 Å². The van der Waals surface area contributed by atoms with E-state index in [9.17, 15) is 17.6 Å². The topological polar surface area (TPSA) is 92.7 Å². The zero-order valence-electron chi connectivity index (χ0n) is 11.4. The third-order valence-electron chi connectivity index (χ3n) is 2.54. The number of sulfonamides is 1. The van der Waals surface area contributed by atoms with Gasteiger partial charge in [-0.25, -0.2) is 22.3 Å². The summed E-state index contributed by atoms with van der Waals surface area (Å²) in [6.07, 6.45) is -0.411. The van der Waals surface area contributed by atoms with E-state index in [0.717, 1.165) is 12.1 Å². The van der Waals surface area contributed by atoms with Gasteiger partial charge in [-0.15, -0.1) is 0 Å². The Morgan fingerprint density at radius 3 is 2.67 bits per heavy atom. The van der Waals surface area contributed by atoms with Crippen LogP contribution in [0, 0.1) is 5.82 Å². The number of aromatic carboxylic acids is 1. The van der Waals surface area contributed by atoms with Gasteiger partial charge in [-0.05, 0) is 26.0 Å². The molecule has 0 aliphatic rings. The second kappa shape index (κ2) is 7.17. The Morgan fingerprint density at radius 2 is 2.14 bits per heavy atom. The van der Waals surface area contributed by atoms with Crippen molar-refractivity contribution < 1.29 is 27.4 Å². The first-order valence-corrected chi connectivity index (χ1v) is 7.88. The summed E-state index contributed by atoms with van der Waals surface area (Å²) in [6.45, 7) is 3.71. The van der Waals surface area contributed by atoms with Gasteiger partial charge >= 0.3 is 5.97 Å². The summed E-state index contributed by atoms with van der Waals surface area (Å²) in [5, 5.41) is 8.65. The standard InChI is InChI=1S/C12H15ClFNO5S/c1-3-20-7(2)6-15-21(18,19)10-5-8(13)4-9(11(10)14)12(16)17/h4-5,7,15H,3,6H2,1-2H3,(H,16,17). The molecule has 0 radical (unpaired) electrons. The molecular formula is C12H15ClFNO5S. The largest absolute Gasteiger partial charge is 0.478 e. The molecule has 1 atom stereocenters. The first kappa shape index (κ1) is 17.8. The van der Waals surface area contributed by atoms with Crippen molar-refractivity contribution in [3.05, 3.63) is 28.5 Å². The maximum absolute atomic E-state index is 14.0.